The molecule has 0 aliphatic rings. The van der Waals surface area contributed by atoms with Gasteiger partial charge in [0.25, 0.3) is 0 Å². The number of nitrogens with zero attached hydrogens (tertiary/aromatic N) is 2. The second kappa shape index (κ2) is 11.2. The lowest BCUT2D eigenvalue weighted by atomic mass is 10.1. The maximum Gasteiger partial charge on any atom is 0.505 e. The standard InChI is InChI=1S/C20H32N2O4S/c1-6-7-14-21-22-20(5,13-8-15-25-18(23)24)26-16-9-11-17(12-10-16)27-19(2,3)4/h9-12H,6-8,13-15H2,1-5H3,(H,23,24). The van der Waals surface area contributed by atoms with E-state index in [0.717, 1.165) is 12.8 Å². The van der Waals surface area contributed by atoms with Gasteiger partial charge in [0.2, 0.25) is 5.72 Å². The van der Waals surface area contributed by atoms with Gasteiger partial charge in [-0.15, -0.1) is 16.9 Å². The highest BCUT2D eigenvalue weighted by atomic mass is 32.2. The summed E-state index contributed by atoms with van der Waals surface area (Å²) in [5, 5.41) is 17.2. The number of azo groups is 1. The van der Waals surface area contributed by atoms with Gasteiger partial charge >= 0.3 is 6.16 Å². The molecular weight excluding hydrogens is 364 g/mol. The molecule has 1 rings (SSSR count). The van der Waals surface area contributed by atoms with Gasteiger partial charge in [0.15, 0.2) is 0 Å². The number of carbonyl (C=O) groups is 1. The first-order valence-corrected chi connectivity index (χ1v) is 10.2. The van der Waals surface area contributed by atoms with Crippen LogP contribution >= 0.6 is 11.8 Å². The molecule has 0 amide bonds. The Labute approximate surface area is 166 Å². The van der Waals surface area contributed by atoms with Crippen molar-refractivity contribution in [3.8, 4) is 5.75 Å². The van der Waals surface area contributed by atoms with Crippen LogP contribution in [0.3, 0.4) is 0 Å². The molecule has 1 atom stereocenters. The lowest BCUT2D eigenvalue weighted by Crippen LogP contribution is -2.30. The minimum Gasteiger partial charge on any atom is -0.465 e. The molecule has 0 aliphatic heterocycles. The Bertz CT molecular complexity index is 599. The van der Waals surface area contributed by atoms with Crippen LogP contribution in [0.2, 0.25) is 0 Å². The van der Waals surface area contributed by atoms with Crippen LogP contribution < -0.4 is 4.74 Å². The third-order valence-corrected chi connectivity index (χ3v) is 4.61. The SMILES string of the molecule is CCCCN=NC(C)(CCCOC(=O)O)Oc1ccc(SC(C)(C)C)cc1. The van der Waals surface area contributed by atoms with Gasteiger partial charge in [0.1, 0.15) is 5.75 Å². The van der Waals surface area contributed by atoms with E-state index in [1.807, 2.05) is 31.2 Å². The summed E-state index contributed by atoms with van der Waals surface area (Å²) in [4.78, 5) is 11.7. The Morgan fingerprint density at radius 3 is 2.37 bits per heavy atom. The number of rotatable bonds is 11. The number of ether oxygens (including phenoxy) is 2. The lowest BCUT2D eigenvalue weighted by molar-refractivity contribution is 0.0571. The second-order valence-corrected chi connectivity index (χ2v) is 9.40. The van der Waals surface area contributed by atoms with Gasteiger partial charge in [-0.2, -0.15) is 5.11 Å². The van der Waals surface area contributed by atoms with E-state index in [0.29, 0.717) is 25.1 Å². The molecule has 7 heteroatoms. The van der Waals surface area contributed by atoms with E-state index in [4.69, 9.17) is 9.84 Å². The zero-order chi connectivity index (χ0) is 20.3. The summed E-state index contributed by atoms with van der Waals surface area (Å²) < 4.78 is 10.8. The van der Waals surface area contributed by atoms with Gasteiger partial charge < -0.3 is 14.6 Å². The molecule has 0 aliphatic carbocycles. The van der Waals surface area contributed by atoms with Crippen molar-refractivity contribution in [3.05, 3.63) is 24.3 Å². The van der Waals surface area contributed by atoms with E-state index in [1.165, 1.54) is 4.90 Å². The lowest BCUT2D eigenvalue weighted by Gasteiger charge is -2.26. The van der Waals surface area contributed by atoms with Crippen LogP contribution in [0.1, 0.15) is 60.3 Å². The molecule has 6 nitrogen and oxygen atoms in total. The number of hydrogen-bond acceptors (Lipinski definition) is 6. The van der Waals surface area contributed by atoms with E-state index < -0.39 is 11.9 Å². The fourth-order valence-electron chi connectivity index (χ4n) is 2.29. The van der Waals surface area contributed by atoms with Crippen molar-refractivity contribution in [1.29, 1.82) is 0 Å². The van der Waals surface area contributed by atoms with Crippen LogP contribution in [-0.2, 0) is 4.74 Å². The molecule has 1 aromatic carbocycles. The molecule has 0 saturated carbocycles. The molecule has 1 unspecified atom stereocenters. The summed E-state index contributed by atoms with van der Waals surface area (Å²) in [7, 11) is 0. The largest absolute Gasteiger partial charge is 0.505 e. The number of unbranched alkanes of at least 4 members (excludes halogenated alkanes) is 1. The van der Waals surface area contributed by atoms with Crippen molar-refractivity contribution >= 4 is 17.9 Å². The van der Waals surface area contributed by atoms with Gasteiger partial charge in [-0.1, -0.05) is 34.1 Å². The van der Waals surface area contributed by atoms with Gasteiger partial charge in [0.05, 0.1) is 13.2 Å². The highest BCUT2D eigenvalue weighted by Crippen LogP contribution is 2.33. The predicted octanol–water partition coefficient (Wildman–Crippen LogP) is 6.40. The summed E-state index contributed by atoms with van der Waals surface area (Å²) in [6.45, 7) is 11.3. The number of carboxylic acid groups (broad SMARTS) is 1. The predicted molar refractivity (Wildman–Crippen MR) is 109 cm³/mol. The first-order valence-electron chi connectivity index (χ1n) is 9.36. The first-order chi connectivity index (χ1) is 12.6. The van der Waals surface area contributed by atoms with E-state index in [1.54, 1.807) is 11.8 Å². The van der Waals surface area contributed by atoms with Crippen LogP contribution in [0.5, 0.6) is 5.75 Å². The molecule has 0 heterocycles. The average Bonchev–Trinajstić information content (AvgIpc) is 2.56. The van der Waals surface area contributed by atoms with E-state index in [9.17, 15) is 4.79 Å². The zero-order valence-electron chi connectivity index (χ0n) is 17.0. The first kappa shape index (κ1) is 23.3. The van der Waals surface area contributed by atoms with Crippen molar-refractivity contribution in [3.63, 3.8) is 0 Å². The third-order valence-electron chi connectivity index (χ3n) is 3.49. The molecule has 1 N–H and O–H groups in total. The van der Waals surface area contributed by atoms with Crippen LogP contribution in [0.25, 0.3) is 0 Å². The molecule has 27 heavy (non-hydrogen) atoms. The molecule has 152 valence electrons. The summed E-state index contributed by atoms with van der Waals surface area (Å²) in [5.74, 6) is 0.712. The van der Waals surface area contributed by atoms with Crippen molar-refractivity contribution in [1.82, 2.24) is 0 Å². The van der Waals surface area contributed by atoms with Gasteiger partial charge in [0, 0.05) is 16.1 Å². The van der Waals surface area contributed by atoms with Crippen molar-refractivity contribution < 1.29 is 19.4 Å². The normalized spacial score (nSPS) is 14.1. The quantitative estimate of drug-likeness (QED) is 0.203. The summed E-state index contributed by atoms with van der Waals surface area (Å²) in [5.41, 5.74) is -0.853. The second-order valence-electron chi connectivity index (χ2n) is 7.50. The van der Waals surface area contributed by atoms with Gasteiger partial charge in [-0.25, -0.2) is 4.79 Å². The number of hydrogen-bond donors (Lipinski definition) is 1. The zero-order valence-corrected chi connectivity index (χ0v) is 17.8. The monoisotopic (exact) mass is 396 g/mol. The summed E-state index contributed by atoms with van der Waals surface area (Å²) >= 11 is 1.80. The minimum absolute atomic E-state index is 0.111. The van der Waals surface area contributed by atoms with Gasteiger partial charge in [-0.05, 0) is 44.0 Å². The van der Waals surface area contributed by atoms with Crippen molar-refractivity contribution in [2.24, 2.45) is 10.2 Å². The fourth-order valence-corrected chi connectivity index (χ4v) is 3.27. The third kappa shape index (κ3) is 10.9. The van der Waals surface area contributed by atoms with E-state index in [2.05, 4.69) is 42.7 Å². The van der Waals surface area contributed by atoms with Crippen molar-refractivity contribution in [2.45, 2.75) is 75.7 Å². The highest BCUT2D eigenvalue weighted by Gasteiger charge is 2.26. The Morgan fingerprint density at radius 1 is 1.15 bits per heavy atom. The Morgan fingerprint density at radius 2 is 1.81 bits per heavy atom. The topological polar surface area (TPSA) is 80.5 Å². The summed E-state index contributed by atoms with van der Waals surface area (Å²) in [6, 6.07) is 7.93. The molecule has 0 fully saturated rings. The van der Waals surface area contributed by atoms with E-state index in [-0.39, 0.29) is 11.4 Å². The smallest absolute Gasteiger partial charge is 0.465 e. The van der Waals surface area contributed by atoms with Crippen LogP contribution in [0.15, 0.2) is 39.4 Å². The molecule has 0 bridgehead atoms. The Hall–Kier alpha value is -1.76. The van der Waals surface area contributed by atoms with Crippen LogP contribution in [-0.4, -0.2) is 34.9 Å². The molecular formula is C20H32N2O4S. The van der Waals surface area contributed by atoms with Crippen LogP contribution in [0, 0.1) is 0 Å². The highest BCUT2D eigenvalue weighted by molar-refractivity contribution is 8.00. The van der Waals surface area contributed by atoms with Crippen molar-refractivity contribution in [2.75, 3.05) is 13.2 Å². The van der Waals surface area contributed by atoms with Gasteiger partial charge in [-0.3, -0.25) is 0 Å². The molecule has 0 saturated heterocycles. The average molecular weight is 397 g/mol. The number of benzene rings is 1. The van der Waals surface area contributed by atoms with E-state index >= 15 is 0 Å². The minimum atomic E-state index is -1.27. The van der Waals surface area contributed by atoms with Crippen LogP contribution in [0.4, 0.5) is 4.79 Å². The Kier molecular flexibility index (Phi) is 9.63. The maximum absolute atomic E-state index is 10.5. The summed E-state index contributed by atoms with van der Waals surface area (Å²) in [6.07, 6.45) is 1.77. The molecule has 0 spiro atoms. The molecule has 0 radical (unpaired) electrons. The fraction of sp³-hybridized carbons (Fsp3) is 0.650. The number of thioether (sulfide) groups is 1. The maximum atomic E-state index is 10.5. The Balaban J connectivity index is 2.76. The molecule has 1 aromatic rings. The molecule has 0 aromatic heterocycles.